The highest BCUT2D eigenvalue weighted by atomic mass is 16.4. The SMILES string of the molecule is CC(C)NC(=O)C(C)NC(=O)N1CC(CC(=O)O)C1. The maximum absolute atomic E-state index is 11.7. The van der Waals surface area contributed by atoms with Gasteiger partial charge in [0, 0.05) is 25.0 Å². The van der Waals surface area contributed by atoms with Crippen LogP contribution in [0, 0.1) is 5.92 Å². The minimum Gasteiger partial charge on any atom is -0.481 e. The lowest BCUT2D eigenvalue weighted by molar-refractivity contribution is -0.139. The summed E-state index contributed by atoms with van der Waals surface area (Å²) in [5.41, 5.74) is 0. The number of nitrogens with one attached hydrogen (secondary N) is 2. The summed E-state index contributed by atoms with van der Waals surface area (Å²) in [7, 11) is 0. The third kappa shape index (κ3) is 4.76. The first-order chi connectivity index (χ1) is 8.79. The van der Waals surface area contributed by atoms with E-state index >= 15 is 0 Å². The zero-order chi connectivity index (χ0) is 14.6. The fraction of sp³-hybridized carbons (Fsp3) is 0.750. The lowest BCUT2D eigenvalue weighted by atomic mass is 9.97. The summed E-state index contributed by atoms with van der Waals surface area (Å²) in [6, 6.07) is -0.905. The molecule has 0 bridgehead atoms. The van der Waals surface area contributed by atoms with Crippen molar-refractivity contribution >= 4 is 17.9 Å². The maximum atomic E-state index is 11.7. The standard InChI is InChI=1S/C12H21N3O4/c1-7(2)13-11(18)8(3)14-12(19)15-5-9(6-15)4-10(16)17/h7-9H,4-6H2,1-3H3,(H,13,18)(H,14,19)(H,16,17). The molecule has 1 saturated heterocycles. The van der Waals surface area contributed by atoms with Gasteiger partial charge in [0.05, 0.1) is 6.42 Å². The van der Waals surface area contributed by atoms with Crippen molar-refractivity contribution in [2.24, 2.45) is 5.92 Å². The van der Waals surface area contributed by atoms with E-state index in [1.807, 2.05) is 13.8 Å². The lowest BCUT2D eigenvalue weighted by Crippen LogP contribution is -2.57. The van der Waals surface area contributed by atoms with E-state index in [1.165, 1.54) is 4.90 Å². The summed E-state index contributed by atoms with van der Waals surface area (Å²) >= 11 is 0. The molecule has 1 rings (SSSR count). The van der Waals surface area contributed by atoms with Gasteiger partial charge in [-0.1, -0.05) is 0 Å². The van der Waals surface area contributed by atoms with Crippen molar-refractivity contribution in [3.05, 3.63) is 0 Å². The predicted molar refractivity (Wildman–Crippen MR) is 68.6 cm³/mol. The molecule has 3 N–H and O–H groups in total. The Morgan fingerprint density at radius 3 is 2.26 bits per heavy atom. The van der Waals surface area contributed by atoms with E-state index < -0.39 is 12.0 Å². The Bertz CT molecular complexity index is 364. The van der Waals surface area contributed by atoms with Gasteiger partial charge in [-0.3, -0.25) is 9.59 Å². The molecule has 0 radical (unpaired) electrons. The molecule has 1 aliphatic heterocycles. The molecule has 1 fully saturated rings. The third-order valence-corrected chi connectivity index (χ3v) is 2.87. The Hall–Kier alpha value is -1.79. The molecule has 0 aliphatic carbocycles. The van der Waals surface area contributed by atoms with E-state index in [0.29, 0.717) is 13.1 Å². The van der Waals surface area contributed by atoms with Crippen molar-refractivity contribution < 1.29 is 19.5 Å². The van der Waals surface area contributed by atoms with Crippen molar-refractivity contribution in [2.75, 3.05) is 13.1 Å². The smallest absolute Gasteiger partial charge is 0.318 e. The van der Waals surface area contributed by atoms with Gasteiger partial charge in [0.25, 0.3) is 0 Å². The summed E-state index contributed by atoms with van der Waals surface area (Å²) in [5.74, 6) is -1.07. The van der Waals surface area contributed by atoms with Crippen LogP contribution in [0.25, 0.3) is 0 Å². The number of carboxylic acids is 1. The molecule has 0 aromatic rings. The number of likely N-dealkylation sites (tertiary alicyclic amines) is 1. The molecule has 7 heteroatoms. The van der Waals surface area contributed by atoms with Crippen LogP contribution in [0.5, 0.6) is 0 Å². The Balaban J connectivity index is 2.29. The van der Waals surface area contributed by atoms with Crippen molar-refractivity contribution in [1.29, 1.82) is 0 Å². The highest BCUT2D eigenvalue weighted by Crippen LogP contribution is 2.18. The van der Waals surface area contributed by atoms with E-state index in [0.717, 1.165) is 0 Å². The molecule has 7 nitrogen and oxygen atoms in total. The van der Waals surface area contributed by atoms with Crippen LogP contribution in [-0.2, 0) is 9.59 Å². The highest BCUT2D eigenvalue weighted by Gasteiger charge is 2.33. The topological polar surface area (TPSA) is 98.7 Å². The first-order valence-electron chi connectivity index (χ1n) is 6.37. The summed E-state index contributed by atoms with van der Waals surface area (Å²) < 4.78 is 0. The zero-order valence-electron chi connectivity index (χ0n) is 11.5. The second-order valence-corrected chi connectivity index (χ2v) is 5.20. The number of carbonyl (C=O) groups is 3. The van der Waals surface area contributed by atoms with Crippen LogP contribution in [-0.4, -0.2) is 53.1 Å². The van der Waals surface area contributed by atoms with Crippen LogP contribution < -0.4 is 10.6 Å². The normalized spacial score (nSPS) is 16.7. The monoisotopic (exact) mass is 271 g/mol. The number of hydrogen-bond donors (Lipinski definition) is 3. The number of rotatable bonds is 5. The quantitative estimate of drug-likeness (QED) is 0.656. The molecule has 1 unspecified atom stereocenters. The van der Waals surface area contributed by atoms with E-state index in [1.54, 1.807) is 6.92 Å². The number of urea groups is 1. The second-order valence-electron chi connectivity index (χ2n) is 5.20. The summed E-state index contributed by atoms with van der Waals surface area (Å²) in [4.78, 5) is 35.3. The average Bonchev–Trinajstić information content (AvgIpc) is 2.20. The Labute approximate surface area is 112 Å². The van der Waals surface area contributed by atoms with Gasteiger partial charge in [-0.15, -0.1) is 0 Å². The number of amides is 3. The van der Waals surface area contributed by atoms with Crippen molar-refractivity contribution in [1.82, 2.24) is 15.5 Å². The van der Waals surface area contributed by atoms with Gasteiger partial charge in [-0.05, 0) is 20.8 Å². The molecule has 1 atom stereocenters. The molecule has 0 aromatic carbocycles. The molecule has 108 valence electrons. The minimum absolute atomic E-state index is 0.0167. The van der Waals surface area contributed by atoms with Gasteiger partial charge in [-0.25, -0.2) is 4.79 Å². The lowest BCUT2D eigenvalue weighted by Gasteiger charge is -2.38. The van der Waals surface area contributed by atoms with Crippen LogP contribution >= 0.6 is 0 Å². The van der Waals surface area contributed by atoms with E-state index in [-0.39, 0.29) is 30.3 Å². The van der Waals surface area contributed by atoms with Gasteiger partial charge in [0.1, 0.15) is 6.04 Å². The van der Waals surface area contributed by atoms with Gasteiger partial charge >= 0.3 is 12.0 Å². The number of hydrogen-bond acceptors (Lipinski definition) is 3. The van der Waals surface area contributed by atoms with E-state index in [2.05, 4.69) is 10.6 Å². The van der Waals surface area contributed by atoms with Gasteiger partial charge in [0.2, 0.25) is 5.91 Å². The zero-order valence-corrected chi connectivity index (χ0v) is 11.5. The molecular formula is C12H21N3O4. The van der Waals surface area contributed by atoms with Crippen molar-refractivity contribution in [3.8, 4) is 0 Å². The summed E-state index contributed by atoms with van der Waals surface area (Å²) in [6.45, 7) is 6.16. The average molecular weight is 271 g/mol. The first kappa shape index (κ1) is 15.3. The second kappa shape index (κ2) is 6.40. The largest absolute Gasteiger partial charge is 0.481 e. The van der Waals surface area contributed by atoms with Gasteiger partial charge < -0.3 is 20.6 Å². The van der Waals surface area contributed by atoms with Crippen LogP contribution in [0.4, 0.5) is 4.79 Å². The molecule has 1 aliphatic rings. The fourth-order valence-electron chi connectivity index (χ4n) is 1.86. The summed E-state index contributed by atoms with van der Waals surface area (Å²) in [5, 5.41) is 13.9. The minimum atomic E-state index is -0.852. The molecule has 0 spiro atoms. The fourth-order valence-corrected chi connectivity index (χ4v) is 1.86. The number of nitrogens with zero attached hydrogens (tertiary/aromatic N) is 1. The predicted octanol–water partition coefficient (Wildman–Crippen LogP) is 0.0156. The Morgan fingerprint density at radius 2 is 1.79 bits per heavy atom. The van der Waals surface area contributed by atoms with Crippen LogP contribution in [0.3, 0.4) is 0 Å². The van der Waals surface area contributed by atoms with Crippen LogP contribution in [0.2, 0.25) is 0 Å². The summed E-state index contributed by atoms with van der Waals surface area (Å²) in [6.07, 6.45) is 0.0766. The van der Waals surface area contributed by atoms with Crippen molar-refractivity contribution in [2.45, 2.75) is 39.3 Å². The molecule has 1 heterocycles. The highest BCUT2D eigenvalue weighted by molar-refractivity contribution is 5.87. The van der Waals surface area contributed by atoms with Crippen LogP contribution in [0.1, 0.15) is 27.2 Å². The van der Waals surface area contributed by atoms with Gasteiger partial charge in [0.15, 0.2) is 0 Å². The van der Waals surface area contributed by atoms with Crippen LogP contribution in [0.15, 0.2) is 0 Å². The maximum Gasteiger partial charge on any atom is 0.318 e. The number of carbonyl (C=O) groups excluding carboxylic acids is 2. The van der Waals surface area contributed by atoms with Gasteiger partial charge in [-0.2, -0.15) is 0 Å². The first-order valence-corrected chi connectivity index (χ1v) is 6.37. The Kier molecular flexibility index (Phi) is 5.14. The molecule has 19 heavy (non-hydrogen) atoms. The number of carboxylic acid groups (broad SMARTS) is 1. The Morgan fingerprint density at radius 1 is 1.21 bits per heavy atom. The molecule has 0 saturated carbocycles. The van der Waals surface area contributed by atoms with Crippen molar-refractivity contribution in [3.63, 3.8) is 0 Å². The van der Waals surface area contributed by atoms with E-state index in [9.17, 15) is 14.4 Å². The molecule has 0 aromatic heterocycles. The molecule has 3 amide bonds. The number of aliphatic carboxylic acids is 1. The third-order valence-electron chi connectivity index (χ3n) is 2.87. The van der Waals surface area contributed by atoms with E-state index in [4.69, 9.17) is 5.11 Å². The molecular weight excluding hydrogens is 250 g/mol.